The van der Waals surface area contributed by atoms with Crippen LogP contribution in [-0.2, 0) is 0 Å². The first kappa shape index (κ1) is 8.17. The second-order valence-electron chi connectivity index (χ2n) is 4.35. The summed E-state index contributed by atoms with van der Waals surface area (Å²) in [5.41, 5.74) is 2.66. The van der Waals surface area contributed by atoms with Crippen LogP contribution in [-0.4, -0.2) is 6.54 Å². The Hall–Kier alpha value is -2.02. The van der Waals surface area contributed by atoms with E-state index < -0.39 is 0 Å². The van der Waals surface area contributed by atoms with E-state index in [4.69, 9.17) is 0 Å². The Bertz CT molecular complexity index is 751. The molecule has 16 heavy (non-hydrogen) atoms. The van der Waals surface area contributed by atoms with Gasteiger partial charge in [0.2, 0.25) is 0 Å². The lowest BCUT2D eigenvalue weighted by Gasteiger charge is -1.99. The lowest BCUT2D eigenvalue weighted by molar-refractivity contribution is 1.05. The van der Waals surface area contributed by atoms with E-state index in [9.17, 15) is 0 Å². The van der Waals surface area contributed by atoms with Crippen molar-refractivity contribution in [1.29, 1.82) is 0 Å². The van der Waals surface area contributed by atoms with Crippen LogP contribution in [0.5, 0.6) is 0 Å². The smallest absolute Gasteiger partial charge is 0.0493 e. The third-order valence-electron chi connectivity index (χ3n) is 3.39. The highest BCUT2D eigenvalue weighted by molar-refractivity contribution is 5.89. The molecule has 0 radical (unpaired) electrons. The Morgan fingerprint density at radius 3 is 2.69 bits per heavy atom. The van der Waals surface area contributed by atoms with Gasteiger partial charge in [-0.25, -0.2) is 0 Å². The summed E-state index contributed by atoms with van der Waals surface area (Å²) in [5.74, 6) is 0. The molecule has 1 N–H and O–H groups in total. The average molecular weight is 205 g/mol. The standard InChI is InChI=1S/C15H11N/c1-2-4-11-9-14-13(7-10(11)3-1)8-12-5-6-16-15(12)14/h1-5,7-9,16H,6H2. The van der Waals surface area contributed by atoms with Crippen LogP contribution in [0.3, 0.4) is 0 Å². The van der Waals surface area contributed by atoms with Crippen molar-refractivity contribution in [3.63, 3.8) is 0 Å². The van der Waals surface area contributed by atoms with E-state index in [1.54, 1.807) is 0 Å². The van der Waals surface area contributed by atoms with Gasteiger partial charge < -0.3 is 5.32 Å². The lowest BCUT2D eigenvalue weighted by atomic mass is 10.1. The van der Waals surface area contributed by atoms with Crippen LogP contribution in [0.1, 0.15) is 0 Å². The molecule has 0 saturated heterocycles. The molecule has 1 nitrogen and oxygen atoms in total. The third kappa shape index (κ3) is 0.951. The number of nitrogens with one attached hydrogen (secondary N) is 1. The zero-order chi connectivity index (χ0) is 10.5. The molecule has 76 valence electrons. The maximum Gasteiger partial charge on any atom is 0.0493 e. The fourth-order valence-electron chi connectivity index (χ4n) is 2.61. The van der Waals surface area contributed by atoms with Crippen LogP contribution in [0, 0.1) is 0 Å². The SMILES string of the molecule is C1=C2C=c3cc4ccccc4cc3=C2NC1. The highest BCUT2D eigenvalue weighted by atomic mass is 14.9. The fraction of sp³-hybridized carbons (Fsp3) is 0.0667. The Balaban J connectivity index is 2.24. The zero-order valence-corrected chi connectivity index (χ0v) is 8.83. The van der Waals surface area contributed by atoms with Gasteiger partial charge in [0.1, 0.15) is 0 Å². The Labute approximate surface area is 93.4 Å². The first-order valence-electron chi connectivity index (χ1n) is 5.61. The summed E-state index contributed by atoms with van der Waals surface area (Å²) in [7, 11) is 0. The van der Waals surface area contributed by atoms with Crippen LogP contribution in [0.2, 0.25) is 0 Å². The summed E-state index contributed by atoms with van der Waals surface area (Å²) in [4.78, 5) is 0. The molecule has 1 aliphatic heterocycles. The minimum atomic E-state index is 0.966. The molecule has 1 aliphatic carbocycles. The van der Waals surface area contributed by atoms with Crippen molar-refractivity contribution in [2.45, 2.75) is 0 Å². The molecule has 0 saturated carbocycles. The van der Waals surface area contributed by atoms with E-state index in [2.05, 4.69) is 53.9 Å². The second-order valence-corrected chi connectivity index (χ2v) is 4.35. The van der Waals surface area contributed by atoms with Gasteiger partial charge in [-0.05, 0) is 39.8 Å². The van der Waals surface area contributed by atoms with Crippen molar-refractivity contribution in [3.8, 4) is 0 Å². The maximum absolute atomic E-state index is 3.43. The minimum Gasteiger partial charge on any atom is -0.381 e. The predicted molar refractivity (Wildman–Crippen MR) is 67.2 cm³/mol. The van der Waals surface area contributed by atoms with Crippen LogP contribution in [0.15, 0.2) is 48.0 Å². The first-order chi connectivity index (χ1) is 7.92. The molecular weight excluding hydrogens is 194 g/mol. The zero-order valence-electron chi connectivity index (χ0n) is 8.83. The quantitative estimate of drug-likeness (QED) is 0.683. The minimum absolute atomic E-state index is 0.966. The summed E-state index contributed by atoms with van der Waals surface area (Å²) >= 11 is 0. The molecule has 0 aromatic heterocycles. The van der Waals surface area contributed by atoms with Gasteiger partial charge in [0.05, 0.1) is 0 Å². The van der Waals surface area contributed by atoms with Gasteiger partial charge in [0.25, 0.3) is 0 Å². The van der Waals surface area contributed by atoms with Crippen molar-refractivity contribution in [2.75, 3.05) is 6.54 Å². The summed E-state index contributed by atoms with van der Waals surface area (Å²) in [5, 5.41) is 8.76. The van der Waals surface area contributed by atoms with Crippen molar-refractivity contribution in [1.82, 2.24) is 5.32 Å². The van der Waals surface area contributed by atoms with Crippen molar-refractivity contribution < 1.29 is 0 Å². The Kier molecular flexibility index (Phi) is 1.41. The first-order valence-corrected chi connectivity index (χ1v) is 5.61. The van der Waals surface area contributed by atoms with Crippen molar-refractivity contribution in [3.05, 3.63) is 58.5 Å². The maximum atomic E-state index is 3.43. The number of rotatable bonds is 0. The largest absolute Gasteiger partial charge is 0.381 e. The van der Waals surface area contributed by atoms with Gasteiger partial charge in [-0.3, -0.25) is 0 Å². The predicted octanol–water partition coefficient (Wildman–Crippen LogP) is 1.27. The highest BCUT2D eigenvalue weighted by Gasteiger charge is 2.14. The number of benzene rings is 2. The van der Waals surface area contributed by atoms with Crippen LogP contribution >= 0.6 is 0 Å². The Morgan fingerprint density at radius 2 is 1.81 bits per heavy atom. The van der Waals surface area contributed by atoms with Gasteiger partial charge >= 0.3 is 0 Å². The van der Waals surface area contributed by atoms with Gasteiger partial charge in [0.15, 0.2) is 0 Å². The number of hydrogen-bond donors (Lipinski definition) is 1. The van der Waals surface area contributed by atoms with Gasteiger partial charge in [-0.2, -0.15) is 0 Å². The molecule has 2 aromatic carbocycles. The van der Waals surface area contributed by atoms with Crippen LogP contribution < -0.4 is 15.8 Å². The van der Waals surface area contributed by atoms with Crippen molar-refractivity contribution >= 4 is 22.5 Å². The average Bonchev–Trinajstić information content (AvgIpc) is 2.86. The molecule has 0 fully saturated rings. The van der Waals surface area contributed by atoms with Crippen LogP contribution in [0.25, 0.3) is 22.5 Å². The molecular formula is C15H11N. The lowest BCUT2D eigenvalue weighted by Crippen LogP contribution is -2.26. The van der Waals surface area contributed by atoms with E-state index in [1.807, 2.05) is 0 Å². The molecule has 4 rings (SSSR count). The number of fused-ring (bicyclic) bond motifs is 3. The van der Waals surface area contributed by atoms with Gasteiger partial charge in [-0.1, -0.05) is 30.3 Å². The molecule has 2 aliphatic rings. The van der Waals surface area contributed by atoms with E-state index in [1.165, 1.54) is 32.5 Å². The molecule has 0 amide bonds. The molecule has 2 aromatic rings. The van der Waals surface area contributed by atoms with Crippen molar-refractivity contribution in [2.24, 2.45) is 0 Å². The van der Waals surface area contributed by atoms with E-state index in [-0.39, 0.29) is 0 Å². The topological polar surface area (TPSA) is 12.0 Å². The summed E-state index contributed by atoms with van der Waals surface area (Å²) < 4.78 is 0. The third-order valence-corrected chi connectivity index (χ3v) is 3.39. The Morgan fingerprint density at radius 1 is 1.00 bits per heavy atom. The molecule has 0 bridgehead atoms. The van der Waals surface area contributed by atoms with Gasteiger partial charge in [-0.15, -0.1) is 0 Å². The second kappa shape index (κ2) is 2.76. The van der Waals surface area contributed by atoms with E-state index >= 15 is 0 Å². The highest BCUT2D eigenvalue weighted by Crippen LogP contribution is 2.17. The molecule has 1 heterocycles. The van der Waals surface area contributed by atoms with Gasteiger partial charge in [0, 0.05) is 17.5 Å². The summed E-state index contributed by atoms with van der Waals surface area (Å²) in [6, 6.07) is 13.1. The van der Waals surface area contributed by atoms with Crippen LogP contribution in [0.4, 0.5) is 0 Å². The number of hydrogen-bond acceptors (Lipinski definition) is 1. The fourth-order valence-corrected chi connectivity index (χ4v) is 2.61. The summed E-state index contributed by atoms with van der Waals surface area (Å²) in [6.07, 6.45) is 4.52. The molecule has 0 unspecified atom stereocenters. The summed E-state index contributed by atoms with van der Waals surface area (Å²) in [6.45, 7) is 0.966. The molecule has 0 spiro atoms. The molecule has 0 atom stereocenters. The normalized spacial score (nSPS) is 16.5. The monoisotopic (exact) mass is 205 g/mol. The molecule has 1 heteroatoms. The van der Waals surface area contributed by atoms with E-state index in [0.29, 0.717) is 0 Å². The van der Waals surface area contributed by atoms with E-state index in [0.717, 1.165) is 6.54 Å².